The molecular weight excluding hydrogens is 440 g/mol. The van der Waals surface area contributed by atoms with E-state index in [9.17, 15) is 13.6 Å². The summed E-state index contributed by atoms with van der Waals surface area (Å²) in [5.74, 6) is -0.465. The highest BCUT2D eigenvalue weighted by atomic mass is 19.1. The molecule has 5 rings (SSSR count). The van der Waals surface area contributed by atoms with Gasteiger partial charge in [0.1, 0.15) is 17.6 Å². The molecule has 9 heteroatoms. The van der Waals surface area contributed by atoms with Gasteiger partial charge in [-0.1, -0.05) is 6.07 Å². The molecule has 0 atom stereocenters. The number of ether oxygens (including phenoxy) is 1. The van der Waals surface area contributed by atoms with E-state index in [1.54, 1.807) is 18.0 Å². The van der Waals surface area contributed by atoms with Crippen LogP contribution in [0.4, 0.5) is 14.6 Å². The Morgan fingerprint density at radius 1 is 1.06 bits per heavy atom. The zero-order valence-electron chi connectivity index (χ0n) is 18.9. The molecule has 7 nitrogen and oxygen atoms in total. The lowest BCUT2D eigenvalue weighted by Gasteiger charge is -2.35. The molecule has 176 valence electrons. The molecule has 0 N–H and O–H groups in total. The Kier molecular flexibility index (Phi) is 6.08. The number of amides is 1. The molecule has 0 saturated carbocycles. The van der Waals surface area contributed by atoms with Crippen LogP contribution in [0.15, 0.2) is 42.6 Å². The van der Waals surface area contributed by atoms with Gasteiger partial charge >= 0.3 is 0 Å². The van der Waals surface area contributed by atoms with Gasteiger partial charge in [0.25, 0.3) is 0 Å². The van der Waals surface area contributed by atoms with Crippen molar-refractivity contribution < 1.29 is 18.3 Å². The number of nitrogens with zero attached hydrogens (tertiary/aromatic N) is 5. The van der Waals surface area contributed by atoms with Gasteiger partial charge in [0, 0.05) is 58.1 Å². The van der Waals surface area contributed by atoms with E-state index in [1.165, 1.54) is 12.1 Å². The molecule has 0 unspecified atom stereocenters. The van der Waals surface area contributed by atoms with Crippen LogP contribution >= 0.6 is 0 Å². The minimum Gasteiger partial charge on any atom is -0.487 e. The van der Waals surface area contributed by atoms with Crippen molar-refractivity contribution in [3.8, 4) is 17.1 Å². The van der Waals surface area contributed by atoms with Gasteiger partial charge < -0.3 is 14.5 Å². The zero-order valence-corrected chi connectivity index (χ0v) is 18.9. The van der Waals surface area contributed by atoms with Crippen LogP contribution < -0.4 is 9.64 Å². The molecule has 34 heavy (non-hydrogen) atoms. The molecule has 1 saturated heterocycles. The fourth-order valence-corrected chi connectivity index (χ4v) is 4.42. The molecule has 1 aromatic carbocycles. The third-order valence-electron chi connectivity index (χ3n) is 6.27. The molecule has 2 aliphatic heterocycles. The topological polar surface area (TPSA) is 71.5 Å². The number of halogens is 2. The Morgan fingerprint density at radius 2 is 1.88 bits per heavy atom. The second-order valence-corrected chi connectivity index (χ2v) is 8.57. The van der Waals surface area contributed by atoms with E-state index >= 15 is 0 Å². The molecule has 0 radical (unpaired) electrons. The van der Waals surface area contributed by atoms with Crippen molar-refractivity contribution in [1.29, 1.82) is 0 Å². The summed E-state index contributed by atoms with van der Waals surface area (Å²) in [5.41, 5.74) is 3.11. The first-order valence-electron chi connectivity index (χ1n) is 11.4. The largest absolute Gasteiger partial charge is 0.487 e. The van der Waals surface area contributed by atoms with Gasteiger partial charge in [-0.3, -0.25) is 9.78 Å². The smallest absolute Gasteiger partial charge is 0.219 e. The lowest BCUT2D eigenvalue weighted by molar-refractivity contribution is -0.129. The summed E-state index contributed by atoms with van der Waals surface area (Å²) < 4.78 is 33.0. The number of rotatable bonds is 4. The van der Waals surface area contributed by atoms with Crippen molar-refractivity contribution in [2.24, 2.45) is 0 Å². The Labute approximate surface area is 196 Å². The van der Waals surface area contributed by atoms with E-state index in [2.05, 4.69) is 9.88 Å². The molecule has 0 aliphatic carbocycles. The summed E-state index contributed by atoms with van der Waals surface area (Å²) in [7, 11) is 0. The first-order chi connectivity index (χ1) is 16.5. The van der Waals surface area contributed by atoms with E-state index in [-0.39, 0.29) is 17.8 Å². The van der Waals surface area contributed by atoms with Crippen molar-refractivity contribution >= 4 is 11.7 Å². The number of carbonyl (C=O) groups excluding carboxylic acids is 1. The molecule has 1 amide bonds. The third-order valence-corrected chi connectivity index (χ3v) is 6.27. The van der Waals surface area contributed by atoms with Crippen LogP contribution in [0.25, 0.3) is 11.4 Å². The van der Waals surface area contributed by atoms with E-state index in [1.807, 2.05) is 18.2 Å². The molecule has 1 fully saturated rings. The van der Waals surface area contributed by atoms with Gasteiger partial charge in [-0.25, -0.2) is 18.7 Å². The monoisotopic (exact) mass is 465 g/mol. The number of hydrogen-bond acceptors (Lipinski definition) is 6. The number of aromatic nitrogens is 3. The molecule has 0 spiro atoms. The first kappa shape index (κ1) is 22.2. The van der Waals surface area contributed by atoms with Crippen molar-refractivity contribution in [2.45, 2.75) is 38.8 Å². The first-order valence-corrected chi connectivity index (χ1v) is 11.4. The summed E-state index contributed by atoms with van der Waals surface area (Å²) in [6.45, 7) is 3.94. The lowest BCUT2D eigenvalue weighted by Crippen LogP contribution is -2.40. The number of benzene rings is 1. The van der Waals surface area contributed by atoms with Crippen LogP contribution in [0.1, 0.15) is 31.2 Å². The van der Waals surface area contributed by atoms with Crippen LogP contribution in [0.5, 0.6) is 5.75 Å². The second kappa shape index (κ2) is 9.32. The predicted molar refractivity (Wildman–Crippen MR) is 122 cm³/mol. The summed E-state index contributed by atoms with van der Waals surface area (Å²) in [5, 5.41) is 0. The molecule has 2 aromatic heterocycles. The fraction of sp³-hybridized carbons (Fsp3) is 0.360. The summed E-state index contributed by atoms with van der Waals surface area (Å²) >= 11 is 0. The highest BCUT2D eigenvalue weighted by molar-refractivity contribution is 5.74. The van der Waals surface area contributed by atoms with Crippen molar-refractivity contribution in [3.05, 3.63) is 65.6 Å². The highest BCUT2D eigenvalue weighted by Gasteiger charge is 2.28. The average Bonchev–Trinajstić information content (AvgIpc) is 2.85. The van der Waals surface area contributed by atoms with Gasteiger partial charge in [0.15, 0.2) is 17.4 Å². The number of carbonyl (C=O) groups is 1. The average molecular weight is 466 g/mol. The van der Waals surface area contributed by atoms with E-state index in [0.717, 1.165) is 29.0 Å². The summed E-state index contributed by atoms with van der Waals surface area (Å²) in [4.78, 5) is 30.2. The fourth-order valence-electron chi connectivity index (χ4n) is 4.42. The Balaban J connectivity index is 1.38. The number of piperidine rings is 1. The molecule has 2 aliphatic rings. The third kappa shape index (κ3) is 4.55. The van der Waals surface area contributed by atoms with Crippen LogP contribution in [-0.2, 0) is 17.8 Å². The summed E-state index contributed by atoms with van der Waals surface area (Å²) in [6, 6.07) is 9.02. The zero-order chi connectivity index (χ0) is 23.7. The van der Waals surface area contributed by atoms with Gasteiger partial charge in [0.05, 0.1) is 23.6 Å². The maximum atomic E-state index is 14.0. The Morgan fingerprint density at radius 3 is 2.59 bits per heavy atom. The minimum absolute atomic E-state index is 0.0237. The van der Waals surface area contributed by atoms with Crippen molar-refractivity contribution in [2.75, 3.05) is 24.5 Å². The normalized spacial score (nSPS) is 16.3. The van der Waals surface area contributed by atoms with Gasteiger partial charge in [-0.05, 0) is 24.3 Å². The second-order valence-electron chi connectivity index (χ2n) is 8.57. The van der Waals surface area contributed by atoms with E-state index in [4.69, 9.17) is 14.7 Å². The number of hydrogen-bond donors (Lipinski definition) is 0. The number of pyridine rings is 1. The molecule has 0 bridgehead atoms. The maximum absolute atomic E-state index is 14.0. The Bertz CT molecular complexity index is 1200. The molecular formula is C25H25F2N5O2. The van der Waals surface area contributed by atoms with Crippen molar-refractivity contribution in [3.63, 3.8) is 0 Å². The van der Waals surface area contributed by atoms with Crippen LogP contribution in [0, 0.1) is 11.6 Å². The predicted octanol–water partition coefficient (Wildman–Crippen LogP) is 3.77. The van der Waals surface area contributed by atoms with E-state index in [0.29, 0.717) is 51.1 Å². The van der Waals surface area contributed by atoms with Gasteiger partial charge in [-0.2, -0.15) is 0 Å². The van der Waals surface area contributed by atoms with Gasteiger partial charge in [-0.15, -0.1) is 0 Å². The number of anilines is 1. The SMILES string of the molecule is CC(=O)N1CCc2nc(N3CCC(Oc4ccc(F)cc4F)CC3)c(-c3ccccn3)nc2C1. The molecule has 3 aromatic rings. The van der Waals surface area contributed by atoms with Crippen LogP contribution in [0.3, 0.4) is 0 Å². The lowest BCUT2D eigenvalue weighted by atomic mass is 10.1. The standard InChI is InChI=1S/C25H25F2N5O2/c1-16(33)32-13-9-20-22(15-32)29-24(21-4-2-3-10-28-21)25(30-20)31-11-7-18(8-12-31)34-23-6-5-17(26)14-19(23)27/h2-6,10,14,18H,7-9,11-13,15H2,1H3. The van der Waals surface area contributed by atoms with Crippen molar-refractivity contribution in [1.82, 2.24) is 19.9 Å². The summed E-state index contributed by atoms with van der Waals surface area (Å²) in [6.07, 6.45) is 3.52. The minimum atomic E-state index is -0.694. The highest BCUT2D eigenvalue weighted by Crippen LogP contribution is 2.32. The molecule has 4 heterocycles. The maximum Gasteiger partial charge on any atom is 0.219 e. The van der Waals surface area contributed by atoms with E-state index < -0.39 is 11.6 Å². The van der Waals surface area contributed by atoms with Gasteiger partial charge in [0.2, 0.25) is 5.91 Å². The Hall–Kier alpha value is -3.62. The number of fused-ring (bicyclic) bond motifs is 1. The quantitative estimate of drug-likeness (QED) is 0.584. The van der Waals surface area contributed by atoms with Crippen LogP contribution in [-0.4, -0.2) is 51.5 Å². The van der Waals surface area contributed by atoms with Crippen LogP contribution in [0.2, 0.25) is 0 Å².